The average Bonchev–Trinajstić information content (AvgIpc) is 2.31. The van der Waals surface area contributed by atoms with Crippen molar-refractivity contribution in [3.63, 3.8) is 0 Å². The third-order valence-corrected chi connectivity index (χ3v) is 3.36. The van der Waals surface area contributed by atoms with E-state index in [-0.39, 0.29) is 6.04 Å². The van der Waals surface area contributed by atoms with Gasteiger partial charge in [-0.2, -0.15) is 0 Å². The van der Waals surface area contributed by atoms with Crippen molar-refractivity contribution in [2.75, 3.05) is 0 Å². The van der Waals surface area contributed by atoms with Crippen LogP contribution in [0.2, 0.25) is 5.02 Å². The van der Waals surface area contributed by atoms with Crippen LogP contribution in [0.4, 0.5) is 0 Å². The molecule has 5 heteroatoms. The lowest BCUT2D eigenvalue weighted by atomic mass is 10.1. The molecule has 1 heterocycles. The second-order valence-corrected chi connectivity index (χ2v) is 5.59. The largest absolute Gasteiger partial charge is 0.328 e. The van der Waals surface area contributed by atoms with E-state index in [1.807, 2.05) is 43.6 Å². The lowest BCUT2D eigenvalue weighted by Crippen LogP contribution is -2.17. The van der Waals surface area contributed by atoms with Crippen LogP contribution in [0.3, 0.4) is 0 Å². The second-order valence-electron chi connectivity index (χ2n) is 4.11. The van der Waals surface area contributed by atoms with Gasteiger partial charge >= 0.3 is 0 Å². The molecular weight excluding hydrogens is 266 g/mol. The van der Waals surface area contributed by atoms with Crippen molar-refractivity contribution in [3.8, 4) is 0 Å². The van der Waals surface area contributed by atoms with Crippen LogP contribution in [0, 0.1) is 0 Å². The van der Waals surface area contributed by atoms with E-state index in [1.165, 1.54) is 11.8 Å². The Labute approximate surface area is 116 Å². The minimum absolute atomic E-state index is 0.125. The highest BCUT2D eigenvalue weighted by Gasteiger charge is 2.03. The molecule has 0 amide bonds. The normalized spacial score (nSPS) is 12.4. The van der Waals surface area contributed by atoms with Gasteiger partial charge in [0.1, 0.15) is 0 Å². The lowest BCUT2D eigenvalue weighted by molar-refractivity contribution is 0.727. The Balaban J connectivity index is 2.06. The van der Waals surface area contributed by atoms with E-state index < -0.39 is 0 Å². The summed E-state index contributed by atoms with van der Waals surface area (Å²) in [5, 5.41) is 1.43. The summed E-state index contributed by atoms with van der Waals surface area (Å²) < 4.78 is 0. The minimum Gasteiger partial charge on any atom is -0.328 e. The zero-order chi connectivity index (χ0) is 13.0. The molecular formula is C13H14ClN3S. The van der Waals surface area contributed by atoms with Crippen molar-refractivity contribution >= 4 is 23.4 Å². The summed E-state index contributed by atoms with van der Waals surface area (Å²) in [5.41, 5.74) is 6.78. The van der Waals surface area contributed by atoms with Crippen LogP contribution in [-0.2, 0) is 6.42 Å². The van der Waals surface area contributed by atoms with Crippen LogP contribution in [0.1, 0.15) is 12.5 Å². The Kier molecular flexibility index (Phi) is 4.58. The first-order valence-corrected chi connectivity index (χ1v) is 6.83. The highest BCUT2D eigenvalue weighted by Crippen LogP contribution is 2.26. The highest BCUT2D eigenvalue weighted by molar-refractivity contribution is 7.99. The number of halogens is 1. The van der Waals surface area contributed by atoms with Gasteiger partial charge in [0.2, 0.25) is 0 Å². The summed E-state index contributed by atoms with van der Waals surface area (Å²) in [6, 6.07) is 7.76. The molecule has 0 radical (unpaired) electrons. The number of benzene rings is 1. The Morgan fingerprint density at radius 3 is 2.67 bits per heavy atom. The standard InChI is InChI=1S/C13H14ClN3S/c1-9(15)5-10-7-16-13(17-8-10)18-12-4-2-3-11(14)6-12/h2-4,6-9H,5,15H2,1H3. The summed E-state index contributed by atoms with van der Waals surface area (Å²) >= 11 is 7.42. The fourth-order valence-corrected chi connectivity index (χ4v) is 2.52. The second kappa shape index (κ2) is 6.18. The summed E-state index contributed by atoms with van der Waals surface area (Å²) in [6.07, 6.45) is 4.44. The van der Waals surface area contributed by atoms with E-state index in [1.54, 1.807) is 0 Å². The monoisotopic (exact) mass is 279 g/mol. The molecule has 0 aliphatic heterocycles. The molecule has 18 heavy (non-hydrogen) atoms. The van der Waals surface area contributed by atoms with Gasteiger partial charge in [-0.25, -0.2) is 9.97 Å². The number of aromatic nitrogens is 2. The molecule has 1 aromatic carbocycles. The summed E-state index contributed by atoms with van der Waals surface area (Å²) in [4.78, 5) is 9.65. The topological polar surface area (TPSA) is 51.8 Å². The molecule has 0 saturated carbocycles. The van der Waals surface area contributed by atoms with Crippen LogP contribution in [0.25, 0.3) is 0 Å². The summed E-state index contributed by atoms with van der Waals surface area (Å²) in [7, 11) is 0. The first-order chi connectivity index (χ1) is 8.63. The van der Waals surface area contributed by atoms with E-state index in [9.17, 15) is 0 Å². The predicted molar refractivity (Wildman–Crippen MR) is 75.0 cm³/mol. The smallest absolute Gasteiger partial charge is 0.192 e. The summed E-state index contributed by atoms with van der Waals surface area (Å²) in [5.74, 6) is 0. The average molecular weight is 280 g/mol. The van der Waals surface area contributed by atoms with Gasteiger partial charge in [0.25, 0.3) is 0 Å². The van der Waals surface area contributed by atoms with Gasteiger partial charge in [0, 0.05) is 28.4 Å². The number of hydrogen-bond donors (Lipinski definition) is 1. The zero-order valence-electron chi connectivity index (χ0n) is 10.0. The third kappa shape index (κ3) is 3.98. The Morgan fingerprint density at radius 1 is 1.33 bits per heavy atom. The molecule has 1 atom stereocenters. The molecule has 94 valence electrons. The molecule has 2 N–H and O–H groups in total. The maximum absolute atomic E-state index is 5.93. The van der Waals surface area contributed by atoms with E-state index in [4.69, 9.17) is 17.3 Å². The maximum atomic E-state index is 5.93. The molecule has 0 saturated heterocycles. The molecule has 1 unspecified atom stereocenters. The number of nitrogens with zero attached hydrogens (tertiary/aromatic N) is 2. The van der Waals surface area contributed by atoms with Crippen molar-refractivity contribution < 1.29 is 0 Å². The summed E-state index contributed by atoms with van der Waals surface area (Å²) in [6.45, 7) is 1.97. The van der Waals surface area contributed by atoms with Gasteiger partial charge in [-0.15, -0.1) is 0 Å². The highest BCUT2D eigenvalue weighted by atomic mass is 35.5. The molecule has 1 aromatic heterocycles. The first kappa shape index (κ1) is 13.3. The SMILES string of the molecule is CC(N)Cc1cnc(Sc2cccc(Cl)c2)nc1. The fraction of sp³-hybridized carbons (Fsp3) is 0.231. The molecule has 0 spiro atoms. The van der Waals surface area contributed by atoms with Gasteiger partial charge in [0.15, 0.2) is 5.16 Å². The van der Waals surface area contributed by atoms with Crippen LogP contribution in [-0.4, -0.2) is 16.0 Å². The molecule has 0 aliphatic carbocycles. The molecule has 0 bridgehead atoms. The van der Waals surface area contributed by atoms with E-state index in [0.717, 1.165) is 16.9 Å². The first-order valence-electron chi connectivity index (χ1n) is 5.63. The van der Waals surface area contributed by atoms with Crippen LogP contribution in [0.5, 0.6) is 0 Å². The van der Waals surface area contributed by atoms with Crippen LogP contribution >= 0.6 is 23.4 Å². The van der Waals surface area contributed by atoms with Crippen molar-refractivity contribution in [3.05, 3.63) is 47.2 Å². The van der Waals surface area contributed by atoms with Gasteiger partial charge in [-0.05, 0) is 48.9 Å². The number of rotatable bonds is 4. The quantitative estimate of drug-likeness (QED) is 0.874. The van der Waals surface area contributed by atoms with Crippen LogP contribution < -0.4 is 5.73 Å². The van der Waals surface area contributed by atoms with Crippen molar-refractivity contribution in [1.82, 2.24) is 9.97 Å². The Bertz CT molecular complexity index is 514. The molecule has 0 aliphatic rings. The van der Waals surface area contributed by atoms with Gasteiger partial charge in [0.05, 0.1) is 0 Å². The lowest BCUT2D eigenvalue weighted by Gasteiger charge is -2.05. The maximum Gasteiger partial charge on any atom is 0.192 e. The molecule has 0 fully saturated rings. The zero-order valence-corrected chi connectivity index (χ0v) is 11.6. The molecule has 2 aromatic rings. The minimum atomic E-state index is 0.125. The van der Waals surface area contributed by atoms with Crippen molar-refractivity contribution in [1.29, 1.82) is 0 Å². The predicted octanol–water partition coefficient (Wildman–Crippen LogP) is 3.17. The van der Waals surface area contributed by atoms with Gasteiger partial charge in [-0.3, -0.25) is 0 Å². The van der Waals surface area contributed by atoms with Gasteiger partial charge < -0.3 is 5.73 Å². The van der Waals surface area contributed by atoms with Crippen molar-refractivity contribution in [2.24, 2.45) is 5.73 Å². The van der Waals surface area contributed by atoms with E-state index in [0.29, 0.717) is 10.2 Å². The fourth-order valence-electron chi connectivity index (χ4n) is 1.51. The number of nitrogens with two attached hydrogens (primary N) is 1. The molecule has 3 nitrogen and oxygen atoms in total. The number of hydrogen-bond acceptors (Lipinski definition) is 4. The van der Waals surface area contributed by atoms with E-state index in [2.05, 4.69) is 9.97 Å². The van der Waals surface area contributed by atoms with E-state index >= 15 is 0 Å². The molecule has 2 rings (SSSR count). The Hall–Kier alpha value is -1.10. The Morgan fingerprint density at radius 2 is 2.06 bits per heavy atom. The van der Waals surface area contributed by atoms with Gasteiger partial charge in [-0.1, -0.05) is 17.7 Å². The third-order valence-electron chi connectivity index (χ3n) is 2.24. The van der Waals surface area contributed by atoms with Crippen molar-refractivity contribution in [2.45, 2.75) is 29.4 Å². The van der Waals surface area contributed by atoms with Crippen LogP contribution in [0.15, 0.2) is 46.7 Å².